The quantitative estimate of drug-likeness (QED) is 0.802. The van der Waals surface area contributed by atoms with Crippen LogP contribution in [-0.4, -0.2) is 31.3 Å². The Morgan fingerprint density at radius 2 is 2.05 bits per heavy atom. The lowest BCUT2D eigenvalue weighted by molar-refractivity contribution is -0.121. The Morgan fingerprint density at radius 1 is 1.40 bits per heavy atom. The molecule has 0 bridgehead atoms. The van der Waals surface area contributed by atoms with E-state index in [4.69, 9.17) is 4.74 Å². The number of nitrogens with one attached hydrogen (secondary N) is 1. The molecule has 2 rings (SSSR count). The Labute approximate surface area is 120 Å². The molecule has 0 heterocycles. The average Bonchev–Trinajstić information content (AvgIpc) is 3.26. The maximum atomic E-state index is 11.9. The standard InChI is InChI=1S/C16H23NO3/c1-12(13-3-5-14(20-2)6-4-13)9-15(19)17-10-16(11-18)7-8-16/h3-6,12,18H,7-11H2,1-2H3,(H,17,19). The molecule has 20 heavy (non-hydrogen) atoms. The van der Waals surface area contributed by atoms with Crippen molar-refractivity contribution in [2.45, 2.75) is 32.1 Å². The molecule has 1 aromatic carbocycles. The zero-order chi connectivity index (χ0) is 14.6. The van der Waals surface area contributed by atoms with Gasteiger partial charge in [-0.1, -0.05) is 19.1 Å². The van der Waals surface area contributed by atoms with Gasteiger partial charge in [0.1, 0.15) is 5.75 Å². The van der Waals surface area contributed by atoms with Gasteiger partial charge >= 0.3 is 0 Å². The molecule has 1 fully saturated rings. The third kappa shape index (κ3) is 3.73. The van der Waals surface area contributed by atoms with Gasteiger partial charge in [-0.05, 0) is 36.5 Å². The smallest absolute Gasteiger partial charge is 0.220 e. The zero-order valence-corrected chi connectivity index (χ0v) is 12.2. The Kier molecular flexibility index (Phi) is 4.65. The highest BCUT2D eigenvalue weighted by Gasteiger charge is 2.42. The summed E-state index contributed by atoms with van der Waals surface area (Å²) in [6, 6.07) is 7.81. The summed E-state index contributed by atoms with van der Waals surface area (Å²) in [7, 11) is 1.64. The summed E-state index contributed by atoms with van der Waals surface area (Å²) in [6.07, 6.45) is 2.49. The van der Waals surface area contributed by atoms with Crippen LogP contribution in [0.3, 0.4) is 0 Å². The fourth-order valence-corrected chi connectivity index (χ4v) is 2.25. The predicted molar refractivity (Wildman–Crippen MR) is 77.8 cm³/mol. The summed E-state index contributed by atoms with van der Waals surface area (Å²) in [4.78, 5) is 11.9. The van der Waals surface area contributed by atoms with E-state index in [2.05, 4.69) is 5.32 Å². The van der Waals surface area contributed by atoms with E-state index in [0.717, 1.165) is 24.2 Å². The van der Waals surface area contributed by atoms with Crippen LogP contribution >= 0.6 is 0 Å². The largest absolute Gasteiger partial charge is 0.497 e. The highest BCUT2D eigenvalue weighted by atomic mass is 16.5. The van der Waals surface area contributed by atoms with E-state index in [-0.39, 0.29) is 23.8 Å². The van der Waals surface area contributed by atoms with Crippen LogP contribution in [0.5, 0.6) is 5.75 Å². The van der Waals surface area contributed by atoms with Crippen molar-refractivity contribution in [3.8, 4) is 5.75 Å². The molecule has 2 N–H and O–H groups in total. The number of rotatable bonds is 7. The van der Waals surface area contributed by atoms with Gasteiger partial charge in [0.05, 0.1) is 13.7 Å². The molecule has 1 aliphatic rings. The second-order valence-electron chi connectivity index (χ2n) is 5.81. The Bertz CT molecular complexity index is 451. The number of benzene rings is 1. The number of aliphatic hydroxyl groups is 1. The number of hydrogen-bond donors (Lipinski definition) is 2. The Balaban J connectivity index is 1.80. The van der Waals surface area contributed by atoms with E-state index in [9.17, 15) is 9.90 Å². The van der Waals surface area contributed by atoms with Crippen LogP contribution in [0.25, 0.3) is 0 Å². The molecule has 0 saturated heterocycles. The van der Waals surface area contributed by atoms with Crippen molar-refractivity contribution >= 4 is 5.91 Å². The molecule has 1 aliphatic carbocycles. The molecule has 1 aromatic rings. The number of carbonyl (C=O) groups excluding carboxylic acids is 1. The van der Waals surface area contributed by atoms with Crippen molar-refractivity contribution in [1.29, 1.82) is 0 Å². The molecule has 110 valence electrons. The summed E-state index contributed by atoms with van der Waals surface area (Å²) >= 11 is 0. The van der Waals surface area contributed by atoms with Crippen LogP contribution in [0.2, 0.25) is 0 Å². The molecule has 1 amide bonds. The van der Waals surface area contributed by atoms with E-state index in [1.807, 2.05) is 31.2 Å². The number of carbonyl (C=O) groups is 1. The van der Waals surface area contributed by atoms with Crippen LogP contribution in [0.15, 0.2) is 24.3 Å². The van der Waals surface area contributed by atoms with Crippen molar-refractivity contribution in [3.05, 3.63) is 29.8 Å². The fraction of sp³-hybridized carbons (Fsp3) is 0.562. The molecule has 0 aromatic heterocycles. The summed E-state index contributed by atoms with van der Waals surface area (Å²) < 4.78 is 5.12. The van der Waals surface area contributed by atoms with Gasteiger partial charge < -0.3 is 15.2 Å². The molecule has 0 aliphatic heterocycles. The normalized spacial score (nSPS) is 17.4. The lowest BCUT2D eigenvalue weighted by Crippen LogP contribution is -2.32. The number of amides is 1. The van der Waals surface area contributed by atoms with Gasteiger partial charge in [-0.3, -0.25) is 4.79 Å². The van der Waals surface area contributed by atoms with Crippen molar-refractivity contribution in [2.75, 3.05) is 20.3 Å². The average molecular weight is 277 g/mol. The van der Waals surface area contributed by atoms with Crippen molar-refractivity contribution < 1.29 is 14.6 Å². The fourth-order valence-electron chi connectivity index (χ4n) is 2.25. The highest BCUT2D eigenvalue weighted by Crippen LogP contribution is 2.44. The van der Waals surface area contributed by atoms with E-state index < -0.39 is 0 Å². The van der Waals surface area contributed by atoms with Gasteiger partial charge in [-0.2, -0.15) is 0 Å². The minimum atomic E-state index is -0.0288. The van der Waals surface area contributed by atoms with Crippen molar-refractivity contribution in [3.63, 3.8) is 0 Å². The predicted octanol–water partition coefficient (Wildman–Crippen LogP) is 2.08. The maximum absolute atomic E-state index is 11.9. The first-order valence-corrected chi connectivity index (χ1v) is 7.10. The summed E-state index contributed by atoms with van der Waals surface area (Å²) in [6.45, 7) is 2.80. The Hall–Kier alpha value is -1.55. The molecular weight excluding hydrogens is 254 g/mol. The van der Waals surface area contributed by atoms with Gasteiger partial charge in [0.15, 0.2) is 0 Å². The van der Waals surface area contributed by atoms with Crippen LogP contribution in [0, 0.1) is 5.41 Å². The van der Waals surface area contributed by atoms with Gasteiger partial charge in [0, 0.05) is 18.4 Å². The first-order chi connectivity index (χ1) is 9.58. The molecule has 0 radical (unpaired) electrons. The summed E-state index contributed by atoms with van der Waals surface area (Å²) in [5, 5.41) is 12.2. The number of hydrogen-bond acceptors (Lipinski definition) is 3. The molecular formula is C16H23NO3. The maximum Gasteiger partial charge on any atom is 0.220 e. The number of methoxy groups -OCH3 is 1. The number of ether oxygens (including phenoxy) is 1. The third-order valence-corrected chi connectivity index (χ3v) is 4.13. The lowest BCUT2D eigenvalue weighted by Gasteiger charge is -2.15. The summed E-state index contributed by atoms with van der Waals surface area (Å²) in [5.74, 6) is 1.04. The van der Waals surface area contributed by atoms with E-state index >= 15 is 0 Å². The minimum Gasteiger partial charge on any atom is -0.497 e. The second kappa shape index (κ2) is 6.27. The number of aliphatic hydroxyl groups excluding tert-OH is 1. The molecule has 1 saturated carbocycles. The second-order valence-corrected chi connectivity index (χ2v) is 5.81. The monoisotopic (exact) mass is 277 g/mol. The van der Waals surface area contributed by atoms with Crippen molar-refractivity contribution in [1.82, 2.24) is 5.32 Å². The zero-order valence-electron chi connectivity index (χ0n) is 12.2. The molecule has 4 nitrogen and oxygen atoms in total. The van der Waals surface area contributed by atoms with Gasteiger partial charge in [-0.15, -0.1) is 0 Å². The first kappa shape index (κ1) is 14.9. The van der Waals surface area contributed by atoms with E-state index in [1.54, 1.807) is 7.11 Å². The highest BCUT2D eigenvalue weighted by molar-refractivity contribution is 5.76. The molecule has 1 atom stereocenters. The van der Waals surface area contributed by atoms with Crippen molar-refractivity contribution in [2.24, 2.45) is 5.41 Å². The third-order valence-electron chi connectivity index (χ3n) is 4.13. The van der Waals surface area contributed by atoms with Gasteiger partial charge in [0.25, 0.3) is 0 Å². The topological polar surface area (TPSA) is 58.6 Å². The van der Waals surface area contributed by atoms with Crippen LogP contribution in [0.4, 0.5) is 0 Å². The summed E-state index contributed by atoms with van der Waals surface area (Å²) in [5.41, 5.74) is 1.10. The Morgan fingerprint density at radius 3 is 2.55 bits per heavy atom. The van der Waals surface area contributed by atoms with E-state index in [1.165, 1.54) is 0 Å². The lowest BCUT2D eigenvalue weighted by atomic mass is 9.97. The molecule has 0 spiro atoms. The first-order valence-electron chi connectivity index (χ1n) is 7.10. The molecule has 4 heteroatoms. The SMILES string of the molecule is COc1ccc(C(C)CC(=O)NCC2(CO)CC2)cc1. The minimum absolute atomic E-state index is 0.0288. The van der Waals surface area contributed by atoms with E-state index in [0.29, 0.717) is 13.0 Å². The van der Waals surface area contributed by atoms with Gasteiger partial charge in [-0.25, -0.2) is 0 Å². The van der Waals surface area contributed by atoms with Crippen LogP contribution in [0.1, 0.15) is 37.7 Å². The molecule has 1 unspecified atom stereocenters. The van der Waals surface area contributed by atoms with Crippen LogP contribution in [-0.2, 0) is 4.79 Å². The van der Waals surface area contributed by atoms with Gasteiger partial charge in [0.2, 0.25) is 5.91 Å². The van der Waals surface area contributed by atoms with Crippen LogP contribution < -0.4 is 10.1 Å².